The van der Waals surface area contributed by atoms with Gasteiger partial charge in [-0.3, -0.25) is 4.79 Å². The van der Waals surface area contributed by atoms with Crippen molar-refractivity contribution in [3.8, 4) is 5.75 Å². The van der Waals surface area contributed by atoms with Crippen molar-refractivity contribution in [3.05, 3.63) is 29.8 Å². The molecule has 1 unspecified atom stereocenters. The fourth-order valence-electron chi connectivity index (χ4n) is 1.61. The molecule has 0 radical (unpaired) electrons. The van der Waals surface area contributed by atoms with Gasteiger partial charge in [0.15, 0.2) is 0 Å². The second-order valence-corrected chi connectivity index (χ2v) is 4.81. The number of ether oxygens (including phenoxy) is 1. The number of hydrogen-bond acceptors (Lipinski definition) is 3. The largest absolute Gasteiger partial charge is 0.492 e. The minimum absolute atomic E-state index is 0.206. The van der Waals surface area contributed by atoms with Crippen LogP contribution in [0.5, 0.6) is 5.75 Å². The first-order valence-corrected chi connectivity index (χ1v) is 6.35. The molecule has 1 saturated carbocycles. The van der Waals surface area contributed by atoms with E-state index in [0.29, 0.717) is 23.8 Å². The van der Waals surface area contributed by atoms with Crippen LogP contribution < -0.4 is 10.1 Å². The van der Waals surface area contributed by atoms with Gasteiger partial charge in [0.25, 0.3) is 5.91 Å². The van der Waals surface area contributed by atoms with Crippen molar-refractivity contribution < 1.29 is 14.6 Å². The predicted octanol–water partition coefficient (Wildman–Crippen LogP) is 1.59. The minimum atomic E-state index is -0.548. The van der Waals surface area contributed by atoms with E-state index in [1.165, 1.54) is 12.8 Å². The molecule has 1 aromatic carbocycles. The molecule has 1 amide bonds. The number of rotatable bonds is 6. The lowest BCUT2D eigenvalue weighted by Crippen LogP contribution is -2.30. The summed E-state index contributed by atoms with van der Waals surface area (Å²) < 4.78 is 5.67. The third-order valence-electron chi connectivity index (χ3n) is 2.86. The van der Waals surface area contributed by atoms with Crippen molar-refractivity contribution >= 4 is 5.91 Å². The van der Waals surface area contributed by atoms with Crippen LogP contribution in [0.2, 0.25) is 0 Å². The first kappa shape index (κ1) is 12.9. The predicted molar refractivity (Wildman–Crippen MR) is 68.7 cm³/mol. The molecule has 0 bridgehead atoms. The van der Waals surface area contributed by atoms with Crippen molar-refractivity contribution in [1.82, 2.24) is 5.32 Å². The molecule has 1 aliphatic carbocycles. The molecular formula is C14H19NO3. The van der Waals surface area contributed by atoms with Crippen LogP contribution in [0.25, 0.3) is 0 Å². The summed E-state index contributed by atoms with van der Waals surface area (Å²) in [6, 6.07) is 7.20. The van der Waals surface area contributed by atoms with Crippen molar-refractivity contribution in [2.24, 2.45) is 5.92 Å². The van der Waals surface area contributed by atoms with Crippen molar-refractivity contribution in [3.63, 3.8) is 0 Å². The summed E-state index contributed by atoms with van der Waals surface area (Å²) >= 11 is 0. The summed E-state index contributed by atoms with van der Waals surface area (Å²) in [6.45, 7) is 2.56. The fourth-order valence-corrected chi connectivity index (χ4v) is 1.61. The van der Waals surface area contributed by atoms with Gasteiger partial charge in [0.1, 0.15) is 5.75 Å². The number of benzene rings is 1. The molecule has 4 nitrogen and oxygen atoms in total. The minimum Gasteiger partial charge on any atom is -0.492 e. The monoisotopic (exact) mass is 249 g/mol. The lowest BCUT2D eigenvalue weighted by Gasteiger charge is -2.12. The summed E-state index contributed by atoms with van der Waals surface area (Å²) in [6.07, 6.45) is 1.89. The topological polar surface area (TPSA) is 58.6 Å². The van der Waals surface area contributed by atoms with E-state index in [9.17, 15) is 4.79 Å². The lowest BCUT2D eigenvalue weighted by atomic mass is 10.2. The van der Waals surface area contributed by atoms with Gasteiger partial charge in [-0.1, -0.05) is 12.1 Å². The molecule has 0 heterocycles. The Morgan fingerprint density at radius 3 is 2.89 bits per heavy atom. The molecule has 18 heavy (non-hydrogen) atoms. The van der Waals surface area contributed by atoms with E-state index < -0.39 is 6.10 Å². The Labute approximate surface area is 107 Å². The molecule has 2 rings (SSSR count). The van der Waals surface area contributed by atoms with Crippen LogP contribution in [-0.2, 0) is 0 Å². The summed E-state index contributed by atoms with van der Waals surface area (Å²) in [5.74, 6) is 1.06. The molecule has 0 spiro atoms. The number of para-hydroxylation sites is 1. The highest BCUT2D eigenvalue weighted by Crippen LogP contribution is 2.30. The first-order valence-electron chi connectivity index (χ1n) is 6.35. The zero-order valence-electron chi connectivity index (χ0n) is 10.6. The third kappa shape index (κ3) is 3.74. The first-order chi connectivity index (χ1) is 8.66. The number of amides is 1. The molecule has 1 atom stereocenters. The number of aliphatic hydroxyl groups is 1. The molecule has 0 saturated heterocycles. The Balaban J connectivity index is 1.98. The molecule has 1 aliphatic rings. The average Bonchev–Trinajstić information content (AvgIpc) is 3.18. The Hall–Kier alpha value is -1.55. The maximum Gasteiger partial charge on any atom is 0.255 e. The third-order valence-corrected chi connectivity index (χ3v) is 2.86. The van der Waals surface area contributed by atoms with Crippen LogP contribution in [0.3, 0.4) is 0 Å². The highest BCUT2D eigenvalue weighted by atomic mass is 16.5. The Morgan fingerprint density at radius 1 is 1.50 bits per heavy atom. The van der Waals surface area contributed by atoms with E-state index in [0.717, 1.165) is 0 Å². The van der Waals surface area contributed by atoms with Crippen LogP contribution in [-0.4, -0.2) is 30.3 Å². The van der Waals surface area contributed by atoms with Gasteiger partial charge in [0.2, 0.25) is 0 Å². The van der Waals surface area contributed by atoms with Gasteiger partial charge in [-0.15, -0.1) is 0 Å². The average molecular weight is 249 g/mol. The zero-order chi connectivity index (χ0) is 13.0. The van der Waals surface area contributed by atoms with Crippen molar-refractivity contribution in [2.45, 2.75) is 25.9 Å². The van der Waals surface area contributed by atoms with Gasteiger partial charge < -0.3 is 15.2 Å². The Kier molecular flexibility index (Phi) is 4.20. The van der Waals surface area contributed by atoms with Crippen LogP contribution in [0.1, 0.15) is 30.1 Å². The zero-order valence-corrected chi connectivity index (χ0v) is 10.6. The smallest absolute Gasteiger partial charge is 0.255 e. The fraction of sp³-hybridized carbons (Fsp3) is 0.500. The maximum absolute atomic E-state index is 11.9. The van der Waals surface area contributed by atoms with E-state index >= 15 is 0 Å². The number of carbonyl (C=O) groups is 1. The van der Waals surface area contributed by atoms with E-state index in [1.807, 2.05) is 6.07 Å². The van der Waals surface area contributed by atoms with Crippen molar-refractivity contribution in [2.75, 3.05) is 13.2 Å². The lowest BCUT2D eigenvalue weighted by molar-refractivity contribution is 0.0919. The molecule has 4 heteroatoms. The normalized spacial score (nSPS) is 16.1. The van der Waals surface area contributed by atoms with E-state index in [2.05, 4.69) is 5.32 Å². The summed E-state index contributed by atoms with van der Waals surface area (Å²) in [5.41, 5.74) is 0.527. The van der Waals surface area contributed by atoms with Gasteiger partial charge in [0.05, 0.1) is 18.3 Å². The molecule has 0 aromatic heterocycles. The van der Waals surface area contributed by atoms with Gasteiger partial charge in [0, 0.05) is 6.54 Å². The molecule has 98 valence electrons. The van der Waals surface area contributed by atoms with Gasteiger partial charge in [-0.25, -0.2) is 0 Å². The highest BCUT2D eigenvalue weighted by molar-refractivity contribution is 5.96. The summed E-state index contributed by atoms with van der Waals surface area (Å²) in [5, 5.41) is 11.8. The quantitative estimate of drug-likeness (QED) is 0.805. The molecule has 1 aromatic rings. The number of carbonyl (C=O) groups excluding carboxylic acids is 1. The molecule has 1 fully saturated rings. The number of aliphatic hydroxyl groups excluding tert-OH is 1. The second-order valence-electron chi connectivity index (χ2n) is 4.81. The van der Waals surface area contributed by atoms with Gasteiger partial charge in [-0.2, -0.15) is 0 Å². The number of nitrogens with one attached hydrogen (secondary N) is 1. The molecule has 2 N–H and O–H groups in total. The summed E-state index contributed by atoms with van der Waals surface area (Å²) in [4.78, 5) is 11.9. The van der Waals surface area contributed by atoms with Crippen molar-refractivity contribution in [1.29, 1.82) is 0 Å². The SMILES string of the molecule is CC(O)CNC(=O)c1ccccc1OCC1CC1. The Bertz CT molecular complexity index is 413. The van der Waals surface area contributed by atoms with Crippen LogP contribution in [0.15, 0.2) is 24.3 Å². The standard InChI is InChI=1S/C14H19NO3/c1-10(16)8-15-14(17)12-4-2-3-5-13(12)18-9-11-6-7-11/h2-5,10-11,16H,6-9H2,1H3,(H,15,17). The molecular weight excluding hydrogens is 230 g/mol. The van der Waals surface area contributed by atoms with Crippen LogP contribution in [0, 0.1) is 5.92 Å². The highest BCUT2D eigenvalue weighted by Gasteiger charge is 2.23. The van der Waals surface area contributed by atoms with Gasteiger partial charge >= 0.3 is 0 Å². The van der Waals surface area contributed by atoms with E-state index in [1.54, 1.807) is 25.1 Å². The van der Waals surface area contributed by atoms with E-state index in [4.69, 9.17) is 9.84 Å². The van der Waals surface area contributed by atoms with Crippen LogP contribution >= 0.6 is 0 Å². The maximum atomic E-state index is 11.9. The molecule has 0 aliphatic heterocycles. The summed E-state index contributed by atoms with van der Waals surface area (Å²) in [7, 11) is 0. The second kappa shape index (κ2) is 5.87. The number of hydrogen-bond donors (Lipinski definition) is 2. The van der Waals surface area contributed by atoms with E-state index in [-0.39, 0.29) is 12.5 Å². The Morgan fingerprint density at radius 2 is 2.22 bits per heavy atom. The van der Waals surface area contributed by atoms with Gasteiger partial charge in [-0.05, 0) is 37.8 Å². The van der Waals surface area contributed by atoms with Crippen LogP contribution in [0.4, 0.5) is 0 Å².